The maximum Gasteiger partial charge on any atom is 0.268 e. The Morgan fingerprint density at radius 1 is 0.692 bits per heavy atom. The predicted octanol–water partition coefficient (Wildman–Crippen LogP) is 7.82. The summed E-state index contributed by atoms with van der Waals surface area (Å²) in [6.45, 7) is 1.93. The molecule has 0 saturated carbocycles. The summed E-state index contributed by atoms with van der Waals surface area (Å²) in [5.74, 6) is -0.0182. The number of rotatable bonds is 7. The molecule has 0 unspecified atom stereocenters. The van der Waals surface area contributed by atoms with Crippen molar-refractivity contribution in [3.63, 3.8) is 0 Å². The number of aryl methyl sites for hydroxylation is 1. The van der Waals surface area contributed by atoms with Crippen molar-refractivity contribution in [3.8, 4) is 11.1 Å². The fourth-order valence-electron chi connectivity index (χ4n) is 5.34. The zero-order valence-electron chi connectivity index (χ0n) is 21.5. The first-order valence-corrected chi connectivity index (χ1v) is 14.4. The molecule has 0 fully saturated rings. The van der Waals surface area contributed by atoms with Crippen molar-refractivity contribution in [1.82, 2.24) is 3.97 Å². The highest BCUT2D eigenvalue weighted by Crippen LogP contribution is 2.38. The van der Waals surface area contributed by atoms with Gasteiger partial charge in [-0.05, 0) is 47.9 Å². The van der Waals surface area contributed by atoms with Crippen LogP contribution in [0.2, 0.25) is 0 Å². The third-order valence-electron chi connectivity index (χ3n) is 7.23. The van der Waals surface area contributed by atoms with Gasteiger partial charge in [-0.3, -0.25) is 4.79 Å². The fourth-order valence-corrected chi connectivity index (χ4v) is 6.93. The fraction of sp³-hybridized carbons (Fsp3) is 0.0882. The molecule has 0 bridgehead atoms. The molecule has 0 aliphatic rings. The molecule has 6 rings (SSSR count). The Labute approximate surface area is 228 Å². The van der Waals surface area contributed by atoms with Crippen molar-refractivity contribution in [3.05, 3.63) is 138 Å². The average molecular weight is 530 g/mol. The third kappa shape index (κ3) is 4.45. The van der Waals surface area contributed by atoms with E-state index in [2.05, 4.69) is 0 Å². The van der Waals surface area contributed by atoms with Gasteiger partial charge in [0.05, 0.1) is 10.4 Å². The second-order valence-corrected chi connectivity index (χ2v) is 11.5. The lowest BCUT2D eigenvalue weighted by molar-refractivity contribution is 0.0984. The van der Waals surface area contributed by atoms with Gasteiger partial charge in [0.1, 0.15) is 0 Å². The van der Waals surface area contributed by atoms with Crippen LogP contribution >= 0.6 is 0 Å². The molecule has 0 spiro atoms. The third-order valence-corrected chi connectivity index (χ3v) is 8.99. The Morgan fingerprint density at radius 2 is 1.33 bits per heavy atom. The van der Waals surface area contributed by atoms with E-state index in [1.807, 2.05) is 104 Å². The largest absolute Gasteiger partial charge is 0.294 e. The number of nitrogens with zero attached hydrogens (tertiary/aromatic N) is 1. The molecule has 39 heavy (non-hydrogen) atoms. The first-order valence-electron chi connectivity index (χ1n) is 13.0. The predicted molar refractivity (Wildman–Crippen MR) is 158 cm³/mol. The van der Waals surface area contributed by atoms with E-state index in [9.17, 15) is 13.2 Å². The Morgan fingerprint density at radius 3 is 2.10 bits per heavy atom. The zero-order chi connectivity index (χ0) is 27.0. The van der Waals surface area contributed by atoms with E-state index in [-0.39, 0.29) is 23.5 Å². The molecule has 192 valence electrons. The molecule has 1 heterocycles. The molecular formula is C34H27NO3S. The summed E-state index contributed by atoms with van der Waals surface area (Å²) in [6, 6.07) is 37.8. The minimum Gasteiger partial charge on any atom is -0.294 e. The van der Waals surface area contributed by atoms with Gasteiger partial charge in [0, 0.05) is 28.6 Å². The smallest absolute Gasteiger partial charge is 0.268 e. The topological polar surface area (TPSA) is 56.1 Å². The van der Waals surface area contributed by atoms with Crippen molar-refractivity contribution in [1.29, 1.82) is 0 Å². The van der Waals surface area contributed by atoms with Crippen molar-refractivity contribution in [2.45, 2.75) is 24.7 Å². The van der Waals surface area contributed by atoms with Gasteiger partial charge in [0.25, 0.3) is 10.0 Å². The van der Waals surface area contributed by atoms with Crippen molar-refractivity contribution in [2.24, 2.45) is 0 Å². The number of hydrogen-bond donors (Lipinski definition) is 0. The van der Waals surface area contributed by atoms with Gasteiger partial charge >= 0.3 is 0 Å². The minimum absolute atomic E-state index is 0.0182. The molecular weight excluding hydrogens is 502 g/mol. The maximum absolute atomic E-state index is 14.2. The number of hydrogen-bond acceptors (Lipinski definition) is 3. The van der Waals surface area contributed by atoms with E-state index in [0.29, 0.717) is 16.8 Å². The maximum atomic E-state index is 14.2. The Hall–Kier alpha value is -4.48. The van der Waals surface area contributed by atoms with E-state index in [1.165, 1.54) is 3.97 Å². The highest BCUT2D eigenvalue weighted by atomic mass is 32.2. The van der Waals surface area contributed by atoms with E-state index in [0.717, 1.165) is 32.8 Å². The molecule has 0 atom stereocenters. The summed E-state index contributed by atoms with van der Waals surface area (Å²) in [5, 5.41) is 2.75. The minimum atomic E-state index is -3.94. The van der Waals surface area contributed by atoms with E-state index in [1.54, 1.807) is 24.3 Å². The van der Waals surface area contributed by atoms with Crippen LogP contribution in [-0.2, 0) is 16.4 Å². The second-order valence-electron chi connectivity index (χ2n) is 9.74. The van der Waals surface area contributed by atoms with E-state index < -0.39 is 10.0 Å². The second kappa shape index (κ2) is 10.0. The van der Waals surface area contributed by atoms with Gasteiger partial charge in [-0.1, -0.05) is 109 Å². The van der Waals surface area contributed by atoms with Crippen LogP contribution in [-0.4, -0.2) is 18.2 Å². The van der Waals surface area contributed by atoms with Gasteiger partial charge < -0.3 is 0 Å². The number of para-hydroxylation sites is 1. The molecule has 5 aromatic carbocycles. The summed E-state index contributed by atoms with van der Waals surface area (Å²) >= 11 is 0. The summed E-state index contributed by atoms with van der Waals surface area (Å²) in [6.07, 6.45) is 0.444. The van der Waals surface area contributed by atoms with Gasteiger partial charge in [-0.2, -0.15) is 0 Å². The molecule has 4 nitrogen and oxygen atoms in total. The number of Topliss-reactive ketones (excluding diaryl/α,β-unsaturated/α-hetero) is 1. The summed E-state index contributed by atoms with van der Waals surface area (Å²) < 4.78 is 29.8. The van der Waals surface area contributed by atoms with Crippen molar-refractivity contribution < 1.29 is 13.2 Å². The lowest BCUT2D eigenvalue weighted by Crippen LogP contribution is -2.17. The van der Waals surface area contributed by atoms with Crippen LogP contribution in [0.3, 0.4) is 0 Å². The highest BCUT2D eigenvalue weighted by molar-refractivity contribution is 7.90. The molecule has 0 aliphatic carbocycles. The lowest BCUT2D eigenvalue weighted by Gasteiger charge is -2.14. The Kier molecular flexibility index (Phi) is 6.37. The molecule has 0 N–H and O–H groups in total. The monoisotopic (exact) mass is 529 g/mol. The van der Waals surface area contributed by atoms with Gasteiger partial charge in [0.15, 0.2) is 5.78 Å². The first-order chi connectivity index (χ1) is 18.9. The molecule has 0 amide bonds. The van der Waals surface area contributed by atoms with Crippen LogP contribution in [0.1, 0.15) is 28.0 Å². The quantitative estimate of drug-likeness (QED) is 0.198. The SMILES string of the molecule is Cc1ccc(S(=O)(=O)n2c(CCC(=O)c3cccc4ccccc34)c(-c3ccccc3)c3ccccc32)cc1. The Balaban J connectivity index is 1.53. The molecule has 0 saturated heterocycles. The van der Waals surface area contributed by atoms with Crippen LogP contribution in [0.5, 0.6) is 0 Å². The number of ketones is 1. The standard InChI is InChI=1S/C34H27NO3S/c1-24-18-20-27(21-19-24)39(37,38)35-31-17-8-7-15-30(31)34(26-11-3-2-4-12-26)32(35)22-23-33(36)29-16-9-13-25-10-5-6-14-28(25)29/h2-21H,22-23H2,1H3. The molecule has 0 radical (unpaired) electrons. The van der Waals surface area contributed by atoms with Gasteiger partial charge in [-0.25, -0.2) is 12.4 Å². The number of aromatic nitrogens is 1. The summed E-state index contributed by atoms with van der Waals surface area (Å²) in [5.41, 5.74) is 4.60. The zero-order valence-corrected chi connectivity index (χ0v) is 22.4. The normalized spacial score (nSPS) is 11.7. The van der Waals surface area contributed by atoms with Gasteiger partial charge in [0.2, 0.25) is 0 Å². The van der Waals surface area contributed by atoms with E-state index >= 15 is 0 Å². The van der Waals surface area contributed by atoms with E-state index in [4.69, 9.17) is 0 Å². The van der Waals surface area contributed by atoms with Crippen LogP contribution in [0, 0.1) is 6.92 Å². The number of benzene rings is 5. The van der Waals surface area contributed by atoms with Crippen LogP contribution in [0.15, 0.2) is 126 Å². The van der Waals surface area contributed by atoms with Crippen LogP contribution in [0.4, 0.5) is 0 Å². The highest BCUT2D eigenvalue weighted by Gasteiger charge is 2.28. The molecule has 5 heteroatoms. The number of carbonyl (C=O) groups is 1. The van der Waals surface area contributed by atoms with Crippen molar-refractivity contribution in [2.75, 3.05) is 0 Å². The molecule has 0 aliphatic heterocycles. The average Bonchev–Trinajstić information content (AvgIpc) is 3.31. The number of fused-ring (bicyclic) bond motifs is 2. The van der Waals surface area contributed by atoms with Gasteiger partial charge in [-0.15, -0.1) is 0 Å². The molecule has 6 aromatic rings. The summed E-state index contributed by atoms with van der Waals surface area (Å²) in [4.78, 5) is 13.8. The lowest BCUT2D eigenvalue weighted by atomic mass is 9.96. The van der Waals surface area contributed by atoms with Crippen molar-refractivity contribution >= 4 is 37.5 Å². The molecule has 1 aromatic heterocycles. The Bertz CT molecular complexity index is 1930. The first kappa shape index (κ1) is 24.8. The van der Waals surface area contributed by atoms with Crippen LogP contribution < -0.4 is 0 Å². The number of carbonyl (C=O) groups excluding carboxylic acids is 1. The van der Waals surface area contributed by atoms with Crippen LogP contribution in [0.25, 0.3) is 32.8 Å². The summed E-state index contributed by atoms with van der Waals surface area (Å²) in [7, 11) is -3.94.